The second-order valence-corrected chi connectivity index (χ2v) is 8.12. The first kappa shape index (κ1) is 18.1. The Balaban J connectivity index is 1.36. The van der Waals surface area contributed by atoms with Crippen LogP contribution in [0.5, 0.6) is 0 Å². The van der Waals surface area contributed by atoms with Crippen LogP contribution in [-0.4, -0.2) is 74.1 Å². The Bertz CT molecular complexity index is 719. The monoisotopic (exact) mass is 377 g/mol. The van der Waals surface area contributed by atoms with Crippen LogP contribution in [0.1, 0.15) is 23.2 Å². The number of likely N-dealkylation sites (tertiary alicyclic amines) is 1. The molecule has 1 atom stereocenters. The third-order valence-electron chi connectivity index (χ3n) is 5.38. The van der Waals surface area contributed by atoms with Crippen molar-refractivity contribution in [1.82, 2.24) is 24.0 Å². The van der Waals surface area contributed by atoms with E-state index in [9.17, 15) is 0 Å². The van der Waals surface area contributed by atoms with E-state index in [1.54, 1.807) is 0 Å². The van der Waals surface area contributed by atoms with Gasteiger partial charge in [-0.25, -0.2) is 4.37 Å². The molecule has 142 valence electrons. The van der Waals surface area contributed by atoms with Crippen LogP contribution in [0.15, 0.2) is 17.8 Å². The van der Waals surface area contributed by atoms with Crippen LogP contribution in [0.2, 0.25) is 0 Å². The third kappa shape index (κ3) is 3.99. The molecule has 1 N–H and O–H groups in total. The predicted molar refractivity (Wildman–Crippen MR) is 100 cm³/mol. The van der Waals surface area contributed by atoms with Gasteiger partial charge in [-0.15, -0.1) is 0 Å². The molecular weight excluding hydrogens is 350 g/mol. The Kier molecular flexibility index (Phi) is 5.37. The first-order valence-electron chi connectivity index (χ1n) is 9.26. The first-order valence-corrected chi connectivity index (χ1v) is 10.1. The molecule has 0 bridgehead atoms. The molecule has 2 aliphatic rings. The Hall–Kier alpha value is -1.32. The topological polar surface area (TPSA) is 66.7 Å². The molecule has 26 heavy (non-hydrogen) atoms. The Morgan fingerprint density at radius 1 is 1.27 bits per heavy atom. The molecule has 7 nitrogen and oxygen atoms in total. The zero-order chi connectivity index (χ0) is 18.0. The molecule has 0 aromatic carbocycles. The summed E-state index contributed by atoms with van der Waals surface area (Å²) in [5, 5.41) is 15.7. The lowest BCUT2D eigenvalue weighted by atomic mass is 10.0. The van der Waals surface area contributed by atoms with Crippen molar-refractivity contribution in [2.45, 2.75) is 38.6 Å². The van der Waals surface area contributed by atoms with Gasteiger partial charge < -0.3 is 9.84 Å². The predicted octanol–water partition coefficient (Wildman–Crippen LogP) is 1.12. The molecule has 0 amide bonds. The van der Waals surface area contributed by atoms with E-state index in [4.69, 9.17) is 9.84 Å². The number of aromatic nitrogens is 3. The van der Waals surface area contributed by atoms with Gasteiger partial charge in [0.25, 0.3) is 0 Å². The van der Waals surface area contributed by atoms with E-state index >= 15 is 0 Å². The maximum absolute atomic E-state index is 9.09. The van der Waals surface area contributed by atoms with Crippen LogP contribution < -0.4 is 0 Å². The van der Waals surface area contributed by atoms with E-state index in [1.807, 2.05) is 17.8 Å². The number of hydrogen-bond acceptors (Lipinski definition) is 7. The summed E-state index contributed by atoms with van der Waals surface area (Å²) in [6, 6.07) is 0. The van der Waals surface area contributed by atoms with Gasteiger partial charge in [0.2, 0.25) is 0 Å². The number of hydrogen-bond donors (Lipinski definition) is 1. The highest BCUT2D eigenvalue weighted by atomic mass is 32.1. The Morgan fingerprint density at radius 3 is 2.88 bits per heavy atom. The summed E-state index contributed by atoms with van der Waals surface area (Å²) >= 11 is 1.52. The summed E-state index contributed by atoms with van der Waals surface area (Å²) in [5.74, 6) is 0. The Labute approximate surface area is 158 Å². The van der Waals surface area contributed by atoms with Crippen LogP contribution in [0.4, 0.5) is 0 Å². The van der Waals surface area contributed by atoms with Crippen molar-refractivity contribution in [2.75, 3.05) is 39.4 Å². The molecule has 2 saturated heterocycles. The van der Waals surface area contributed by atoms with Crippen molar-refractivity contribution in [3.05, 3.63) is 34.6 Å². The Morgan fingerprint density at radius 2 is 2.12 bits per heavy atom. The lowest BCUT2D eigenvalue weighted by molar-refractivity contribution is -0.104. The van der Waals surface area contributed by atoms with Crippen LogP contribution >= 0.6 is 11.5 Å². The molecule has 2 fully saturated rings. The molecule has 1 unspecified atom stereocenters. The third-order valence-corrected chi connectivity index (χ3v) is 6.02. The van der Waals surface area contributed by atoms with Crippen molar-refractivity contribution in [2.24, 2.45) is 0 Å². The second kappa shape index (κ2) is 7.74. The molecule has 0 aliphatic carbocycles. The second-order valence-electron chi connectivity index (χ2n) is 7.46. The summed E-state index contributed by atoms with van der Waals surface area (Å²) in [6.07, 6.45) is 5.12. The van der Waals surface area contributed by atoms with E-state index in [0.29, 0.717) is 6.54 Å². The van der Waals surface area contributed by atoms with Crippen LogP contribution in [0.25, 0.3) is 0 Å². The summed E-state index contributed by atoms with van der Waals surface area (Å²) in [7, 11) is 0. The molecule has 8 heteroatoms. The van der Waals surface area contributed by atoms with Crippen molar-refractivity contribution in [3.63, 3.8) is 0 Å². The maximum Gasteiger partial charge on any atom is 0.0947 e. The molecule has 4 rings (SSSR count). The number of rotatable bonds is 6. The largest absolute Gasteiger partial charge is 0.394 e. The van der Waals surface area contributed by atoms with Crippen LogP contribution in [0, 0.1) is 6.92 Å². The van der Waals surface area contributed by atoms with E-state index in [2.05, 4.69) is 30.8 Å². The van der Waals surface area contributed by atoms with Gasteiger partial charge in [-0.05, 0) is 30.4 Å². The number of nitrogens with zero attached hydrogens (tertiary/aromatic N) is 5. The lowest BCUT2D eigenvalue weighted by Gasteiger charge is -2.40. The average Bonchev–Trinajstić information content (AvgIpc) is 3.32. The average molecular weight is 378 g/mol. The van der Waals surface area contributed by atoms with Crippen LogP contribution in [-0.2, 0) is 24.4 Å². The van der Waals surface area contributed by atoms with Gasteiger partial charge in [-0.3, -0.25) is 14.5 Å². The van der Waals surface area contributed by atoms with E-state index < -0.39 is 0 Å². The number of aryl methyl sites for hydroxylation is 1. The molecule has 0 radical (unpaired) electrons. The molecule has 2 aromatic rings. The summed E-state index contributed by atoms with van der Waals surface area (Å²) in [4.78, 5) is 4.98. The normalized spacial score (nSPS) is 24.7. The standard InChI is InChI=1S/C18H27N5O2S/c1-15-17(11-23(20-15)4-6-24)10-21-3-2-18(13-21)14-22(5-7-25-18)9-16-8-19-26-12-16/h8,11-12,24H,2-7,9-10,13-14H2,1H3. The fraction of sp³-hybridized carbons (Fsp3) is 0.667. The van der Waals surface area contributed by atoms with Gasteiger partial charge in [0, 0.05) is 62.6 Å². The number of aliphatic hydroxyl groups is 1. The molecule has 2 aromatic heterocycles. The van der Waals surface area contributed by atoms with Crippen molar-refractivity contribution in [1.29, 1.82) is 0 Å². The number of aliphatic hydroxyl groups excluding tert-OH is 1. The minimum Gasteiger partial charge on any atom is -0.394 e. The number of morpholine rings is 1. The molecule has 0 saturated carbocycles. The molecular formula is C18H27N5O2S. The van der Waals surface area contributed by atoms with Gasteiger partial charge in [0.1, 0.15) is 0 Å². The molecule has 2 aliphatic heterocycles. The minimum absolute atomic E-state index is 0.0449. The quantitative estimate of drug-likeness (QED) is 0.814. The van der Waals surface area contributed by atoms with E-state index in [0.717, 1.165) is 58.0 Å². The van der Waals surface area contributed by atoms with E-state index in [1.165, 1.54) is 22.7 Å². The smallest absolute Gasteiger partial charge is 0.0947 e. The highest BCUT2D eigenvalue weighted by Crippen LogP contribution is 2.31. The fourth-order valence-corrected chi connectivity index (χ4v) is 4.63. The summed E-state index contributed by atoms with van der Waals surface area (Å²) in [5.41, 5.74) is 3.55. The molecule has 4 heterocycles. The molecule has 1 spiro atoms. The number of ether oxygens (including phenoxy) is 1. The van der Waals surface area contributed by atoms with Gasteiger partial charge in [-0.2, -0.15) is 5.10 Å². The van der Waals surface area contributed by atoms with E-state index in [-0.39, 0.29) is 12.2 Å². The van der Waals surface area contributed by atoms with Crippen LogP contribution in [0.3, 0.4) is 0 Å². The summed E-state index contributed by atoms with van der Waals surface area (Å²) < 4.78 is 12.3. The van der Waals surface area contributed by atoms with Gasteiger partial charge >= 0.3 is 0 Å². The van der Waals surface area contributed by atoms with Crippen molar-refractivity contribution >= 4 is 11.5 Å². The van der Waals surface area contributed by atoms with Gasteiger partial charge in [0.05, 0.1) is 31.1 Å². The zero-order valence-electron chi connectivity index (χ0n) is 15.3. The van der Waals surface area contributed by atoms with Crippen molar-refractivity contribution < 1.29 is 9.84 Å². The fourth-order valence-electron chi connectivity index (χ4n) is 4.10. The maximum atomic E-state index is 9.09. The minimum atomic E-state index is -0.0449. The summed E-state index contributed by atoms with van der Waals surface area (Å²) in [6.45, 7) is 9.39. The highest BCUT2D eigenvalue weighted by molar-refractivity contribution is 7.03. The van der Waals surface area contributed by atoms with Gasteiger partial charge in [0.15, 0.2) is 0 Å². The van der Waals surface area contributed by atoms with Gasteiger partial charge in [-0.1, -0.05) is 0 Å². The first-order chi connectivity index (χ1) is 12.7. The zero-order valence-corrected chi connectivity index (χ0v) is 16.1. The lowest BCUT2D eigenvalue weighted by Crippen LogP contribution is -2.52. The van der Waals surface area contributed by atoms with Crippen molar-refractivity contribution in [3.8, 4) is 0 Å². The highest BCUT2D eigenvalue weighted by Gasteiger charge is 2.42. The SMILES string of the molecule is Cc1nn(CCO)cc1CN1CCC2(CN(Cc3cnsc3)CCO2)C1.